The number of anilines is 1. The zero-order valence-corrected chi connectivity index (χ0v) is 17.1. The predicted octanol–water partition coefficient (Wildman–Crippen LogP) is 4.16. The summed E-state index contributed by atoms with van der Waals surface area (Å²) in [6.07, 6.45) is 1.93. The van der Waals surface area contributed by atoms with Gasteiger partial charge in [-0.2, -0.15) is 0 Å². The number of hydrogen-bond donors (Lipinski definition) is 0. The number of amides is 1. The molecule has 1 amide bonds. The summed E-state index contributed by atoms with van der Waals surface area (Å²) in [7, 11) is -3.75. The van der Waals surface area contributed by atoms with E-state index in [1.807, 2.05) is 13.0 Å². The summed E-state index contributed by atoms with van der Waals surface area (Å²) in [6, 6.07) is 15.3. The van der Waals surface area contributed by atoms with E-state index < -0.39 is 10.0 Å². The molecule has 2 rings (SSSR count). The van der Waals surface area contributed by atoms with Gasteiger partial charge in [-0.25, -0.2) is 8.42 Å². The van der Waals surface area contributed by atoms with E-state index in [1.54, 1.807) is 54.3 Å². The van der Waals surface area contributed by atoms with Crippen LogP contribution >= 0.6 is 0 Å². The molecule has 0 heterocycles. The van der Waals surface area contributed by atoms with Gasteiger partial charge in [-0.05, 0) is 50.6 Å². The van der Waals surface area contributed by atoms with Gasteiger partial charge in [0.15, 0.2) is 0 Å². The minimum atomic E-state index is -3.75. The van der Waals surface area contributed by atoms with Crippen molar-refractivity contribution in [1.29, 1.82) is 0 Å². The number of unbranched alkanes of at least 4 members (excludes halogenated alkanes) is 1. The van der Waals surface area contributed by atoms with Gasteiger partial charge >= 0.3 is 0 Å². The number of nitrogens with zero attached hydrogens (tertiary/aromatic N) is 2. The van der Waals surface area contributed by atoms with Crippen molar-refractivity contribution in [3.05, 3.63) is 60.2 Å². The Morgan fingerprint density at radius 1 is 0.926 bits per heavy atom. The van der Waals surface area contributed by atoms with Gasteiger partial charge in [-0.3, -0.25) is 9.10 Å². The topological polar surface area (TPSA) is 57.7 Å². The third-order valence-corrected chi connectivity index (χ3v) is 6.35. The Bertz CT molecular complexity index is 851. The van der Waals surface area contributed by atoms with E-state index in [0.717, 1.165) is 12.8 Å². The van der Waals surface area contributed by atoms with Crippen LogP contribution in [0.15, 0.2) is 59.5 Å². The van der Waals surface area contributed by atoms with E-state index in [-0.39, 0.29) is 10.8 Å². The van der Waals surface area contributed by atoms with Crippen LogP contribution in [0.5, 0.6) is 0 Å². The van der Waals surface area contributed by atoms with E-state index in [1.165, 1.54) is 10.4 Å². The lowest BCUT2D eigenvalue weighted by atomic mass is 10.2. The maximum absolute atomic E-state index is 13.2. The summed E-state index contributed by atoms with van der Waals surface area (Å²) < 4.78 is 27.7. The highest BCUT2D eigenvalue weighted by atomic mass is 32.2. The van der Waals surface area contributed by atoms with E-state index in [9.17, 15) is 13.2 Å². The molecule has 0 aliphatic carbocycles. The fraction of sp³-hybridized carbons (Fsp3) is 0.381. The Kier molecular flexibility index (Phi) is 7.42. The van der Waals surface area contributed by atoms with Crippen molar-refractivity contribution in [2.75, 3.05) is 23.9 Å². The number of sulfonamides is 1. The zero-order chi connectivity index (χ0) is 19.9. The second-order valence-corrected chi connectivity index (χ2v) is 8.13. The summed E-state index contributed by atoms with van der Waals surface area (Å²) in [4.78, 5) is 14.7. The third kappa shape index (κ3) is 4.89. The standard InChI is InChI=1S/C21H28N2O3S/c1-4-7-16-22(5-2)21(24)18-12-11-15-20(17-18)27(25,26)23(6-3)19-13-9-8-10-14-19/h8-15,17H,4-7,16H2,1-3H3. The number of carbonyl (C=O) groups excluding carboxylic acids is 1. The van der Waals surface area contributed by atoms with Crippen molar-refractivity contribution < 1.29 is 13.2 Å². The van der Waals surface area contributed by atoms with Gasteiger partial charge in [-0.1, -0.05) is 37.6 Å². The molecular formula is C21H28N2O3S. The van der Waals surface area contributed by atoms with Crippen LogP contribution in [-0.4, -0.2) is 38.9 Å². The Hall–Kier alpha value is -2.34. The van der Waals surface area contributed by atoms with Gasteiger partial charge in [0, 0.05) is 25.2 Å². The molecule has 0 fully saturated rings. The molecule has 5 nitrogen and oxygen atoms in total. The molecule has 0 aliphatic heterocycles. The molecule has 146 valence electrons. The van der Waals surface area contributed by atoms with Crippen molar-refractivity contribution in [1.82, 2.24) is 4.90 Å². The summed E-state index contributed by atoms with van der Waals surface area (Å²) in [5.74, 6) is -0.134. The molecule has 0 bridgehead atoms. The SMILES string of the molecule is CCCCN(CC)C(=O)c1cccc(S(=O)(=O)N(CC)c2ccccc2)c1. The largest absolute Gasteiger partial charge is 0.339 e. The van der Waals surface area contributed by atoms with Crippen molar-refractivity contribution >= 4 is 21.6 Å². The maximum atomic E-state index is 13.2. The molecule has 0 aromatic heterocycles. The number of benzene rings is 2. The van der Waals surface area contributed by atoms with Gasteiger partial charge in [0.05, 0.1) is 10.6 Å². The molecule has 0 saturated heterocycles. The van der Waals surface area contributed by atoms with E-state index in [4.69, 9.17) is 0 Å². The molecule has 0 atom stereocenters. The lowest BCUT2D eigenvalue weighted by molar-refractivity contribution is 0.0762. The number of hydrogen-bond acceptors (Lipinski definition) is 3. The highest BCUT2D eigenvalue weighted by Gasteiger charge is 2.25. The second-order valence-electron chi connectivity index (χ2n) is 6.27. The first-order valence-electron chi connectivity index (χ1n) is 9.42. The summed E-state index contributed by atoms with van der Waals surface area (Å²) >= 11 is 0. The van der Waals surface area contributed by atoms with E-state index >= 15 is 0 Å². The first-order valence-corrected chi connectivity index (χ1v) is 10.9. The van der Waals surface area contributed by atoms with Crippen LogP contribution in [0.4, 0.5) is 5.69 Å². The minimum Gasteiger partial charge on any atom is -0.339 e. The second kappa shape index (κ2) is 9.55. The lowest BCUT2D eigenvalue weighted by Gasteiger charge is -2.24. The van der Waals surface area contributed by atoms with Crippen molar-refractivity contribution in [2.45, 2.75) is 38.5 Å². The Labute approximate surface area is 162 Å². The van der Waals surface area contributed by atoms with Crippen LogP contribution in [0.1, 0.15) is 44.0 Å². The Morgan fingerprint density at radius 2 is 1.63 bits per heavy atom. The molecule has 2 aromatic rings. The number of rotatable bonds is 9. The van der Waals surface area contributed by atoms with Gasteiger partial charge in [0.2, 0.25) is 0 Å². The molecule has 0 saturated carbocycles. The molecule has 27 heavy (non-hydrogen) atoms. The first kappa shape index (κ1) is 21.0. The van der Waals surface area contributed by atoms with Crippen LogP contribution < -0.4 is 4.31 Å². The molecule has 0 unspecified atom stereocenters. The van der Waals surface area contributed by atoms with Crippen LogP contribution in [0.2, 0.25) is 0 Å². The fourth-order valence-corrected chi connectivity index (χ4v) is 4.46. The normalized spacial score (nSPS) is 11.2. The summed E-state index contributed by atoms with van der Waals surface area (Å²) in [6.45, 7) is 7.39. The molecule has 0 N–H and O–H groups in total. The monoisotopic (exact) mass is 388 g/mol. The molecule has 0 aliphatic rings. The van der Waals surface area contributed by atoms with Crippen LogP contribution in [0, 0.1) is 0 Å². The smallest absolute Gasteiger partial charge is 0.264 e. The quantitative estimate of drug-likeness (QED) is 0.648. The van der Waals surface area contributed by atoms with Gasteiger partial charge < -0.3 is 4.90 Å². The van der Waals surface area contributed by atoms with Gasteiger partial charge in [-0.15, -0.1) is 0 Å². The van der Waals surface area contributed by atoms with Crippen molar-refractivity contribution in [2.24, 2.45) is 0 Å². The molecule has 0 radical (unpaired) electrons. The highest BCUT2D eigenvalue weighted by Crippen LogP contribution is 2.24. The minimum absolute atomic E-state index is 0.130. The summed E-state index contributed by atoms with van der Waals surface area (Å²) in [5, 5.41) is 0. The molecular weight excluding hydrogens is 360 g/mol. The average molecular weight is 389 g/mol. The van der Waals surface area contributed by atoms with Crippen LogP contribution in [0.25, 0.3) is 0 Å². The Balaban J connectivity index is 2.36. The predicted molar refractivity (Wildman–Crippen MR) is 110 cm³/mol. The number of carbonyl (C=O) groups is 1. The van der Waals surface area contributed by atoms with Crippen LogP contribution in [-0.2, 0) is 10.0 Å². The van der Waals surface area contributed by atoms with Gasteiger partial charge in [0.25, 0.3) is 15.9 Å². The highest BCUT2D eigenvalue weighted by molar-refractivity contribution is 7.92. The lowest BCUT2D eigenvalue weighted by Crippen LogP contribution is -2.33. The number of para-hydroxylation sites is 1. The average Bonchev–Trinajstić information content (AvgIpc) is 2.69. The van der Waals surface area contributed by atoms with Crippen molar-refractivity contribution in [3.8, 4) is 0 Å². The molecule has 6 heteroatoms. The molecule has 2 aromatic carbocycles. The first-order chi connectivity index (χ1) is 13.0. The third-order valence-electron chi connectivity index (χ3n) is 4.45. The zero-order valence-electron chi connectivity index (χ0n) is 16.3. The molecule has 0 spiro atoms. The van der Waals surface area contributed by atoms with Crippen molar-refractivity contribution in [3.63, 3.8) is 0 Å². The van der Waals surface area contributed by atoms with E-state index in [0.29, 0.717) is 30.9 Å². The van der Waals surface area contributed by atoms with E-state index in [2.05, 4.69) is 6.92 Å². The Morgan fingerprint density at radius 3 is 2.22 bits per heavy atom. The fourth-order valence-electron chi connectivity index (χ4n) is 2.94. The van der Waals surface area contributed by atoms with Crippen LogP contribution in [0.3, 0.4) is 0 Å². The maximum Gasteiger partial charge on any atom is 0.264 e. The van der Waals surface area contributed by atoms with Gasteiger partial charge in [0.1, 0.15) is 0 Å². The summed E-state index contributed by atoms with van der Waals surface area (Å²) in [5.41, 5.74) is 1.01.